The lowest BCUT2D eigenvalue weighted by Gasteiger charge is -2.29. The average molecular weight is 433 g/mol. The standard InChI is InChI=1S/C12H19N9O7S/c13-3-4-20-9(14-17-18-20)5-10(22)15-16-11(23)8-2-1-7-6-19(8)12(24)21(7)28-29(25,26)27/h7-8H,1-6,13H2,(H,15,22)(H,16,23)(H,25,26,27). The molecule has 2 fully saturated rings. The summed E-state index contributed by atoms with van der Waals surface area (Å²) in [6, 6.07) is -2.45. The van der Waals surface area contributed by atoms with E-state index in [-0.39, 0.29) is 38.2 Å². The van der Waals surface area contributed by atoms with Gasteiger partial charge in [0.2, 0.25) is 5.91 Å². The van der Waals surface area contributed by atoms with Gasteiger partial charge in [-0.1, -0.05) is 0 Å². The second kappa shape index (κ2) is 8.23. The number of amides is 4. The Hall–Kier alpha value is -2.89. The fourth-order valence-electron chi connectivity index (χ4n) is 3.15. The van der Waals surface area contributed by atoms with Gasteiger partial charge in [0.1, 0.15) is 6.04 Å². The highest BCUT2D eigenvalue weighted by Crippen LogP contribution is 2.30. The Morgan fingerprint density at radius 1 is 1.31 bits per heavy atom. The summed E-state index contributed by atoms with van der Waals surface area (Å²) in [7, 11) is -4.88. The molecule has 0 radical (unpaired) electrons. The van der Waals surface area contributed by atoms with Crippen molar-refractivity contribution in [3.8, 4) is 0 Å². The van der Waals surface area contributed by atoms with Crippen molar-refractivity contribution in [2.45, 2.75) is 37.9 Å². The van der Waals surface area contributed by atoms with E-state index < -0.39 is 40.3 Å². The lowest BCUT2D eigenvalue weighted by Crippen LogP contribution is -2.54. The Labute approximate surface area is 164 Å². The largest absolute Gasteiger partial charge is 0.418 e. The molecule has 0 saturated carbocycles. The normalized spacial score (nSPS) is 21.4. The minimum atomic E-state index is -4.88. The maximum atomic E-state index is 12.4. The quantitative estimate of drug-likeness (QED) is 0.242. The zero-order valence-electron chi connectivity index (χ0n) is 15.0. The summed E-state index contributed by atoms with van der Waals surface area (Å²) in [4.78, 5) is 37.8. The molecule has 0 aliphatic carbocycles. The molecule has 29 heavy (non-hydrogen) atoms. The van der Waals surface area contributed by atoms with E-state index in [9.17, 15) is 22.8 Å². The molecule has 4 amide bonds. The Morgan fingerprint density at radius 3 is 2.76 bits per heavy atom. The van der Waals surface area contributed by atoms with E-state index in [1.165, 1.54) is 4.68 Å². The molecule has 17 heteroatoms. The molecule has 3 rings (SSSR count). The first kappa shape index (κ1) is 20.8. The number of carbonyl (C=O) groups is 3. The predicted octanol–water partition coefficient (Wildman–Crippen LogP) is -3.68. The number of aromatic nitrogens is 4. The molecule has 1 aromatic rings. The third kappa shape index (κ3) is 4.75. The summed E-state index contributed by atoms with van der Waals surface area (Å²) in [6.07, 6.45) is 0.258. The van der Waals surface area contributed by atoms with Crippen molar-refractivity contribution >= 4 is 28.2 Å². The van der Waals surface area contributed by atoms with Crippen LogP contribution in [0.25, 0.3) is 0 Å². The number of hydrazine groups is 1. The van der Waals surface area contributed by atoms with Crippen LogP contribution in [0.15, 0.2) is 0 Å². The van der Waals surface area contributed by atoms with Crippen molar-refractivity contribution in [3.63, 3.8) is 0 Å². The number of rotatable bonds is 7. The van der Waals surface area contributed by atoms with Crippen molar-refractivity contribution in [3.05, 3.63) is 5.82 Å². The second-order valence-corrected chi connectivity index (χ2v) is 7.34. The first-order valence-corrected chi connectivity index (χ1v) is 9.86. The van der Waals surface area contributed by atoms with Crippen LogP contribution in [0.1, 0.15) is 18.7 Å². The van der Waals surface area contributed by atoms with Gasteiger partial charge in [0.15, 0.2) is 5.82 Å². The van der Waals surface area contributed by atoms with Gasteiger partial charge >= 0.3 is 16.4 Å². The highest BCUT2D eigenvalue weighted by molar-refractivity contribution is 7.80. The molecular weight excluding hydrogens is 414 g/mol. The van der Waals surface area contributed by atoms with Crippen LogP contribution in [-0.4, -0.2) is 86.2 Å². The summed E-state index contributed by atoms with van der Waals surface area (Å²) in [6.45, 7) is 0.639. The highest BCUT2D eigenvalue weighted by Gasteiger charge is 2.49. The third-order valence-corrected chi connectivity index (χ3v) is 4.74. The summed E-state index contributed by atoms with van der Waals surface area (Å²) in [5.74, 6) is -1.000. The molecular formula is C12H19N9O7S. The number of nitrogens with zero attached hydrogens (tertiary/aromatic N) is 6. The van der Waals surface area contributed by atoms with E-state index in [2.05, 4.69) is 30.7 Å². The Kier molecular flexibility index (Phi) is 5.91. The molecule has 16 nitrogen and oxygen atoms in total. The molecule has 160 valence electrons. The molecule has 0 aromatic carbocycles. The summed E-state index contributed by atoms with van der Waals surface area (Å²) < 4.78 is 36.2. The van der Waals surface area contributed by atoms with Crippen molar-refractivity contribution in [1.29, 1.82) is 0 Å². The maximum Gasteiger partial charge on any atom is 0.418 e. The van der Waals surface area contributed by atoms with Crippen LogP contribution in [-0.2, 0) is 37.2 Å². The lowest BCUT2D eigenvalue weighted by atomic mass is 10.0. The van der Waals surface area contributed by atoms with E-state index in [1.807, 2.05) is 0 Å². The van der Waals surface area contributed by atoms with Crippen molar-refractivity contribution in [2.24, 2.45) is 5.73 Å². The fourth-order valence-corrected chi connectivity index (χ4v) is 3.54. The van der Waals surface area contributed by atoms with E-state index in [4.69, 9.17) is 10.3 Å². The number of fused-ring (bicyclic) bond motifs is 2. The van der Waals surface area contributed by atoms with Gasteiger partial charge < -0.3 is 10.6 Å². The van der Waals surface area contributed by atoms with Crippen LogP contribution in [0.5, 0.6) is 0 Å². The number of urea groups is 1. The topological polar surface area (TPSA) is 215 Å². The molecule has 2 bridgehead atoms. The highest BCUT2D eigenvalue weighted by atomic mass is 32.3. The van der Waals surface area contributed by atoms with Crippen molar-refractivity contribution < 1.29 is 31.6 Å². The van der Waals surface area contributed by atoms with E-state index in [0.717, 1.165) is 4.90 Å². The maximum absolute atomic E-state index is 12.4. The smallest absolute Gasteiger partial charge is 0.329 e. The summed E-state index contributed by atoms with van der Waals surface area (Å²) in [5, 5.41) is 11.4. The fraction of sp³-hybridized carbons (Fsp3) is 0.667. The number of piperidine rings is 1. The summed E-state index contributed by atoms with van der Waals surface area (Å²) >= 11 is 0. The Morgan fingerprint density at radius 2 is 2.07 bits per heavy atom. The van der Waals surface area contributed by atoms with E-state index >= 15 is 0 Å². The van der Waals surface area contributed by atoms with Gasteiger partial charge in [0, 0.05) is 13.1 Å². The number of nitrogens with two attached hydrogens (primary N) is 1. The SMILES string of the molecule is NCCn1nnnc1CC(=O)NNC(=O)C1CCC2CN1C(=O)N2OS(=O)(=O)O. The number of carbonyl (C=O) groups excluding carboxylic acids is 3. The number of hydrogen-bond acceptors (Lipinski definition) is 10. The van der Waals surface area contributed by atoms with Gasteiger partial charge in [-0.05, 0) is 23.3 Å². The van der Waals surface area contributed by atoms with Crippen LogP contribution in [0, 0.1) is 0 Å². The first-order valence-electron chi connectivity index (χ1n) is 8.50. The second-order valence-electron chi connectivity index (χ2n) is 6.33. The monoisotopic (exact) mass is 433 g/mol. The van der Waals surface area contributed by atoms with Crippen LogP contribution in [0.4, 0.5) is 4.79 Å². The van der Waals surface area contributed by atoms with Gasteiger partial charge in [-0.2, -0.15) is 13.5 Å². The molecule has 1 aromatic heterocycles. The lowest BCUT2D eigenvalue weighted by molar-refractivity contribution is -0.131. The van der Waals surface area contributed by atoms with E-state index in [0.29, 0.717) is 11.6 Å². The van der Waals surface area contributed by atoms with Gasteiger partial charge in [0.05, 0.1) is 19.0 Å². The number of hydrogen-bond donors (Lipinski definition) is 4. The molecule has 2 saturated heterocycles. The Balaban J connectivity index is 1.54. The minimum Gasteiger partial charge on any atom is -0.329 e. The zero-order valence-corrected chi connectivity index (χ0v) is 15.8. The molecule has 5 N–H and O–H groups in total. The molecule has 2 unspecified atom stereocenters. The van der Waals surface area contributed by atoms with Gasteiger partial charge in [-0.15, -0.1) is 9.38 Å². The molecule has 3 heterocycles. The molecule has 2 aliphatic rings. The zero-order chi connectivity index (χ0) is 21.2. The number of tetrazole rings is 1. The van der Waals surface area contributed by atoms with Crippen LogP contribution in [0.2, 0.25) is 0 Å². The number of nitrogens with one attached hydrogen (secondary N) is 2. The van der Waals surface area contributed by atoms with Crippen LogP contribution < -0.4 is 16.6 Å². The van der Waals surface area contributed by atoms with Crippen LogP contribution in [0.3, 0.4) is 0 Å². The van der Waals surface area contributed by atoms with Crippen molar-refractivity contribution in [2.75, 3.05) is 13.1 Å². The van der Waals surface area contributed by atoms with E-state index in [1.54, 1.807) is 0 Å². The first-order chi connectivity index (χ1) is 13.7. The number of hydroxylamine groups is 2. The molecule has 2 aliphatic heterocycles. The summed E-state index contributed by atoms with van der Waals surface area (Å²) in [5.41, 5.74) is 9.85. The van der Waals surface area contributed by atoms with Gasteiger partial charge in [0.25, 0.3) is 5.91 Å². The minimum absolute atomic E-state index is 0.0360. The van der Waals surface area contributed by atoms with Crippen molar-refractivity contribution in [1.82, 2.24) is 41.0 Å². The van der Waals surface area contributed by atoms with Gasteiger partial charge in [-0.3, -0.25) is 25.0 Å². The Bertz CT molecular complexity index is 903. The average Bonchev–Trinajstić information content (AvgIpc) is 3.17. The molecule has 2 atom stereocenters. The predicted molar refractivity (Wildman–Crippen MR) is 90.2 cm³/mol. The molecule has 0 spiro atoms. The van der Waals surface area contributed by atoms with Gasteiger partial charge in [-0.25, -0.2) is 9.48 Å². The third-order valence-electron chi connectivity index (χ3n) is 4.39. The van der Waals surface area contributed by atoms with Crippen LogP contribution >= 0.6 is 0 Å².